The summed E-state index contributed by atoms with van der Waals surface area (Å²) in [6.07, 6.45) is 0.861. The molecule has 1 amide bonds. The van der Waals surface area contributed by atoms with Crippen LogP contribution in [0.15, 0.2) is 48.7 Å². The number of nitrogens with one attached hydrogen (secondary N) is 2. The van der Waals surface area contributed by atoms with Crippen molar-refractivity contribution in [2.24, 2.45) is 0 Å². The zero-order chi connectivity index (χ0) is 19.7. The van der Waals surface area contributed by atoms with E-state index in [9.17, 15) is 18.0 Å². The maximum Gasteiger partial charge on any atom is 0.253 e. The molecule has 1 saturated heterocycles. The molecule has 3 aromatic rings. The Hall–Kier alpha value is -2.80. The van der Waals surface area contributed by atoms with Gasteiger partial charge in [0.15, 0.2) is 0 Å². The number of benzene rings is 2. The van der Waals surface area contributed by atoms with Crippen molar-refractivity contribution in [3.8, 4) is 0 Å². The quantitative estimate of drug-likeness (QED) is 0.721. The molecule has 1 aliphatic heterocycles. The summed E-state index contributed by atoms with van der Waals surface area (Å²) in [6.45, 7) is 1.16. The molecule has 2 N–H and O–H groups in total. The molecule has 4 rings (SSSR count). The summed E-state index contributed by atoms with van der Waals surface area (Å²) >= 11 is 0. The molecule has 2 atom stereocenters. The molecule has 0 bridgehead atoms. The molecule has 0 radical (unpaired) electrons. The lowest BCUT2D eigenvalue weighted by Crippen LogP contribution is -2.50. The molecule has 2 aromatic carbocycles. The van der Waals surface area contributed by atoms with E-state index in [1.807, 2.05) is 0 Å². The summed E-state index contributed by atoms with van der Waals surface area (Å²) in [6, 6.07) is 9.99. The van der Waals surface area contributed by atoms with Gasteiger partial charge in [-0.25, -0.2) is 13.2 Å². The number of alkyl halides is 1. The van der Waals surface area contributed by atoms with Gasteiger partial charge >= 0.3 is 0 Å². The third kappa shape index (κ3) is 3.62. The molecular formula is C21H20F3N3O. The van der Waals surface area contributed by atoms with Gasteiger partial charge in [-0.2, -0.15) is 0 Å². The molecule has 0 aliphatic carbocycles. The molecule has 1 unspecified atom stereocenters. The first-order valence-corrected chi connectivity index (χ1v) is 9.20. The second-order valence-corrected chi connectivity index (χ2v) is 7.02. The molecule has 146 valence electrons. The fourth-order valence-corrected chi connectivity index (χ4v) is 3.63. The summed E-state index contributed by atoms with van der Waals surface area (Å²) in [4.78, 5) is 12.8. The van der Waals surface area contributed by atoms with E-state index in [1.165, 1.54) is 18.2 Å². The Bertz CT molecular complexity index is 1000. The second kappa shape index (κ2) is 7.67. The van der Waals surface area contributed by atoms with Crippen molar-refractivity contribution in [3.63, 3.8) is 0 Å². The van der Waals surface area contributed by atoms with E-state index >= 15 is 0 Å². The van der Waals surface area contributed by atoms with Gasteiger partial charge in [0, 0.05) is 24.7 Å². The molecule has 1 fully saturated rings. The number of hydrogen-bond donors (Lipinski definition) is 2. The fourth-order valence-electron chi connectivity index (χ4n) is 3.63. The molecule has 2 heterocycles. The van der Waals surface area contributed by atoms with Gasteiger partial charge in [0.05, 0.1) is 17.1 Å². The molecule has 0 spiro atoms. The van der Waals surface area contributed by atoms with Gasteiger partial charge in [-0.15, -0.1) is 0 Å². The van der Waals surface area contributed by atoms with Crippen LogP contribution in [0.3, 0.4) is 0 Å². The van der Waals surface area contributed by atoms with Crippen molar-refractivity contribution in [3.05, 3.63) is 71.4 Å². The topological polar surface area (TPSA) is 46.1 Å². The summed E-state index contributed by atoms with van der Waals surface area (Å²) in [7, 11) is 0. The lowest BCUT2D eigenvalue weighted by atomic mass is 10.0. The molecule has 1 aliphatic rings. The number of halogens is 3. The SMILES string of the molecule is O=C(NC1CCNC[C@@H]1F)c1cn(Cc2ccc(F)cc2)c2cccc(F)c12. The Morgan fingerprint density at radius 3 is 2.71 bits per heavy atom. The van der Waals surface area contributed by atoms with E-state index in [0.29, 0.717) is 25.0 Å². The van der Waals surface area contributed by atoms with Gasteiger partial charge in [-0.3, -0.25) is 4.79 Å². The van der Waals surface area contributed by atoms with Crippen LogP contribution >= 0.6 is 0 Å². The van der Waals surface area contributed by atoms with E-state index in [-0.39, 0.29) is 23.3 Å². The summed E-state index contributed by atoms with van der Waals surface area (Å²) in [5.41, 5.74) is 1.54. The number of aromatic nitrogens is 1. The van der Waals surface area contributed by atoms with Gasteiger partial charge in [-0.05, 0) is 42.8 Å². The van der Waals surface area contributed by atoms with Crippen LogP contribution in [0.4, 0.5) is 13.2 Å². The van der Waals surface area contributed by atoms with E-state index in [1.54, 1.807) is 35.0 Å². The highest BCUT2D eigenvalue weighted by Crippen LogP contribution is 2.26. The largest absolute Gasteiger partial charge is 0.346 e. The Labute approximate surface area is 160 Å². The maximum absolute atomic E-state index is 14.5. The average molecular weight is 387 g/mol. The third-order valence-corrected chi connectivity index (χ3v) is 5.09. The summed E-state index contributed by atoms with van der Waals surface area (Å²) in [5, 5.41) is 5.84. The summed E-state index contributed by atoms with van der Waals surface area (Å²) < 4.78 is 43.5. The Kier molecular flexibility index (Phi) is 5.09. The van der Waals surface area contributed by atoms with Crippen LogP contribution in [-0.2, 0) is 6.54 Å². The molecule has 0 saturated carbocycles. The van der Waals surface area contributed by atoms with Crippen LogP contribution in [0.1, 0.15) is 22.3 Å². The van der Waals surface area contributed by atoms with Crippen LogP contribution in [-0.4, -0.2) is 35.8 Å². The number of amides is 1. The van der Waals surface area contributed by atoms with Gasteiger partial charge in [0.2, 0.25) is 0 Å². The normalized spacial score (nSPS) is 19.7. The lowest BCUT2D eigenvalue weighted by Gasteiger charge is -2.27. The predicted octanol–water partition coefficient (Wildman–Crippen LogP) is 3.40. The standard InChI is InChI=1S/C21H20F3N3O/c22-14-6-4-13(5-7-14)11-27-12-15(20-16(23)2-1-3-19(20)27)21(28)26-18-8-9-25-10-17(18)24/h1-7,12,17-18,25H,8-11H2,(H,26,28)/t17-,18?/m0/s1. The smallest absolute Gasteiger partial charge is 0.253 e. The number of nitrogens with zero attached hydrogens (tertiary/aromatic N) is 1. The van der Waals surface area contributed by atoms with Crippen LogP contribution in [0.25, 0.3) is 10.9 Å². The van der Waals surface area contributed by atoms with Gasteiger partial charge in [0.1, 0.15) is 17.8 Å². The fraction of sp³-hybridized carbons (Fsp3) is 0.286. The molecule has 4 nitrogen and oxygen atoms in total. The van der Waals surface area contributed by atoms with E-state index in [0.717, 1.165) is 5.56 Å². The van der Waals surface area contributed by atoms with Crippen molar-refractivity contribution < 1.29 is 18.0 Å². The van der Waals surface area contributed by atoms with E-state index in [4.69, 9.17) is 0 Å². The molecular weight excluding hydrogens is 367 g/mol. The van der Waals surface area contributed by atoms with Gasteiger partial charge in [0.25, 0.3) is 5.91 Å². The number of carbonyl (C=O) groups excluding carboxylic acids is 1. The number of hydrogen-bond acceptors (Lipinski definition) is 2. The van der Waals surface area contributed by atoms with Crippen LogP contribution < -0.4 is 10.6 Å². The first-order valence-electron chi connectivity index (χ1n) is 9.20. The minimum Gasteiger partial charge on any atom is -0.346 e. The molecule has 1 aromatic heterocycles. The first kappa shape index (κ1) is 18.6. The Morgan fingerprint density at radius 1 is 1.18 bits per heavy atom. The first-order chi connectivity index (χ1) is 13.5. The van der Waals surface area contributed by atoms with Gasteiger partial charge in [-0.1, -0.05) is 18.2 Å². The zero-order valence-corrected chi connectivity index (χ0v) is 15.1. The average Bonchev–Trinajstić information content (AvgIpc) is 3.05. The third-order valence-electron chi connectivity index (χ3n) is 5.09. The molecule has 7 heteroatoms. The van der Waals surface area contributed by atoms with Crippen LogP contribution in [0.2, 0.25) is 0 Å². The molecule has 28 heavy (non-hydrogen) atoms. The van der Waals surface area contributed by atoms with Gasteiger partial charge < -0.3 is 15.2 Å². The van der Waals surface area contributed by atoms with Crippen molar-refractivity contribution in [2.45, 2.75) is 25.2 Å². The van der Waals surface area contributed by atoms with Crippen LogP contribution in [0.5, 0.6) is 0 Å². The number of carbonyl (C=O) groups is 1. The highest BCUT2D eigenvalue weighted by molar-refractivity contribution is 6.07. The van der Waals surface area contributed by atoms with Crippen molar-refractivity contribution in [1.29, 1.82) is 0 Å². The monoisotopic (exact) mass is 387 g/mol. The minimum absolute atomic E-state index is 0.168. The summed E-state index contributed by atoms with van der Waals surface area (Å²) in [5.74, 6) is -1.35. The second-order valence-electron chi connectivity index (χ2n) is 7.02. The van der Waals surface area contributed by atoms with Crippen molar-refractivity contribution >= 4 is 16.8 Å². The highest BCUT2D eigenvalue weighted by atomic mass is 19.1. The zero-order valence-electron chi connectivity index (χ0n) is 15.1. The van der Waals surface area contributed by atoms with E-state index < -0.39 is 23.9 Å². The van der Waals surface area contributed by atoms with Crippen molar-refractivity contribution in [1.82, 2.24) is 15.2 Å². The van der Waals surface area contributed by atoms with E-state index in [2.05, 4.69) is 10.6 Å². The number of piperidine rings is 1. The van der Waals surface area contributed by atoms with Crippen molar-refractivity contribution in [2.75, 3.05) is 13.1 Å². The maximum atomic E-state index is 14.5. The predicted molar refractivity (Wildman–Crippen MR) is 101 cm³/mol. The number of fused-ring (bicyclic) bond motifs is 1. The Balaban J connectivity index is 1.68. The number of rotatable bonds is 4. The Morgan fingerprint density at radius 2 is 1.96 bits per heavy atom. The highest BCUT2D eigenvalue weighted by Gasteiger charge is 2.28. The lowest BCUT2D eigenvalue weighted by molar-refractivity contribution is 0.0893. The van der Waals surface area contributed by atoms with Crippen LogP contribution in [0, 0.1) is 11.6 Å². The minimum atomic E-state index is -1.19.